The topological polar surface area (TPSA) is 99.4 Å². The van der Waals surface area contributed by atoms with E-state index in [0.29, 0.717) is 41.0 Å². The van der Waals surface area contributed by atoms with Crippen LogP contribution in [0.2, 0.25) is 0 Å². The quantitative estimate of drug-likeness (QED) is 0.605. The Hall–Kier alpha value is -2.44. The average Bonchev–Trinajstić information content (AvgIpc) is 3.51. The van der Waals surface area contributed by atoms with Gasteiger partial charge < -0.3 is 15.0 Å². The van der Waals surface area contributed by atoms with Gasteiger partial charge in [-0.05, 0) is 64.4 Å². The molecule has 2 saturated carbocycles. The normalized spacial score (nSPS) is 18.2. The molecular weight excluding hydrogens is 330 g/mol. The first-order chi connectivity index (χ1) is 12.4. The molecule has 0 amide bonds. The Bertz CT molecular complexity index is 834. The summed E-state index contributed by atoms with van der Waals surface area (Å²) in [5, 5.41) is 3.83. The Morgan fingerprint density at radius 1 is 1.27 bits per heavy atom. The van der Waals surface area contributed by atoms with Gasteiger partial charge in [0.2, 0.25) is 5.88 Å². The minimum Gasteiger partial charge on any atom is -0.477 e. The Labute approximate surface area is 153 Å². The van der Waals surface area contributed by atoms with E-state index in [9.17, 15) is 0 Å². The molecule has 0 unspecified atom stereocenters. The molecule has 4 rings (SSSR count). The van der Waals surface area contributed by atoms with Crippen LogP contribution >= 0.6 is 0 Å². The molecular formula is C19H25N5O2. The fourth-order valence-corrected chi connectivity index (χ4v) is 2.85. The molecule has 26 heavy (non-hydrogen) atoms. The summed E-state index contributed by atoms with van der Waals surface area (Å²) in [4.78, 5) is 13.5. The maximum absolute atomic E-state index is 6.25. The second-order valence-corrected chi connectivity index (χ2v) is 7.82. The number of aliphatic imine (C=N–C) groups is 1. The number of aromatic nitrogens is 3. The van der Waals surface area contributed by atoms with Crippen LogP contribution in [0.25, 0.3) is 0 Å². The lowest BCUT2D eigenvalue weighted by Gasteiger charge is -2.16. The third kappa shape index (κ3) is 3.71. The number of nitrogens with zero attached hydrogens (tertiary/aromatic N) is 4. The zero-order chi connectivity index (χ0) is 18.3. The van der Waals surface area contributed by atoms with Crippen LogP contribution in [0.3, 0.4) is 0 Å². The molecule has 2 aliphatic rings. The molecule has 2 fully saturated rings. The van der Waals surface area contributed by atoms with Crippen molar-refractivity contribution >= 4 is 5.84 Å². The van der Waals surface area contributed by atoms with Gasteiger partial charge in [-0.3, -0.25) is 4.99 Å². The highest BCUT2D eigenvalue weighted by molar-refractivity contribution is 5.96. The number of rotatable bonds is 7. The van der Waals surface area contributed by atoms with Crippen LogP contribution in [0.1, 0.15) is 68.4 Å². The van der Waals surface area contributed by atoms with Gasteiger partial charge in [0, 0.05) is 5.56 Å². The highest BCUT2D eigenvalue weighted by atomic mass is 16.5. The minimum atomic E-state index is -0.725. The van der Waals surface area contributed by atoms with Crippen molar-refractivity contribution in [3.05, 3.63) is 35.1 Å². The van der Waals surface area contributed by atoms with Gasteiger partial charge in [-0.25, -0.2) is 4.98 Å². The maximum Gasteiger partial charge on any atom is 0.254 e. The number of pyridine rings is 1. The van der Waals surface area contributed by atoms with Crippen LogP contribution in [0.5, 0.6) is 5.88 Å². The largest absolute Gasteiger partial charge is 0.477 e. The van der Waals surface area contributed by atoms with E-state index in [2.05, 4.69) is 26.2 Å². The monoisotopic (exact) mass is 355 g/mol. The van der Waals surface area contributed by atoms with E-state index in [-0.39, 0.29) is 0 Å². The molecule has 0 saturated heterocycles. The maximum atomic E-state index is 6.25. The van der Waals surface area contributed by atoms with Gasteiger partial charge in [-0.15, -0.1) is 0 Å². The van der Waals surface area contributed by atoms with Gasteiger partial charge in [0.05, 0.1) is 6.61 Å². The third-order valence-corrected chi connectivity index (χ3v) is 4.77. The van der Waals surface area contributed by atoms with E-state index < -0.39 is 5.54 Å². The van der Waals surface area contributed by atoms with Gasteiger partial charge in [0.15, 0.2) is 5.82 Å². The first-order valence-electron chi connectivity index (χ1n) is 9.22. The molecule has 0 aromatic carbocycles. The molecule has 2 aromatic heterocycles. The molecule has 2 heterocycles. The number of aryl methyl sites for hydroxylation is 1. The number of nitrogens with two attached hydrogens (primary N) is 1. The summed E-state index contributed by atoms with van der Waals surface area (Å²) in [6.45, 7) is 6.28. The summed E-state index contributed by atoms with van der Waals surface area (Å²) in [5.74, 6) is 3.30. The predicted octanol–water partition coefficient (Wildman–Crippen LogP) is 3.08. The van der Waals surface area contributed by atoms with Crippen molar-refractivity contribution in [3.8, 4) is 5.88 Å². The molecule has 0 aliphatic heterocycles. The van der Waals surface area contributed by atoms with E-state index in [1.165, 1.54) is 31.2 Å². The lowest BCUT2D eigenvalue weighted by molar-refractivity contribution is 0.285. The number of amidine groups is 1. The molecule has 0 radical (unpaired) electrons. The van der Waals surface area contributed by atoms with Crippen molar-refractivity contribution in [2.45, 2.75) is 57.9 Å². The van der Waals surface area contributed by atoms with E-state index >= 15 is 0 Å². The van der Waals surface area contributed by atoms with Crippen molar-refractivity contribution < 1.29 is 9.26 Å². The highest BCUT2D eigenvalue weighted by Crippen LogP contribution is 2.44. The van der Waals surface area contributed by atoms with Crippen LogP contribution in [-0.2, 0) is 5.54 Å². The minimum absolute atomic E-state index is 0.337. The Kier molecular flexibility index (Phi) is 4.17. The van der Waals surface area contributed by atoms with Crippen LogP contribution in [0.4, 0.5) is 0 Å². The number of hydrogen-bond donors (Lipinski definition) is 1. The Morgan fingerprint density at radius 3 is 2.65 bits per heavy atom. The summed E-state index contributed by atoms with van der Waals surface area (Å²) in [7, 11) is 0. The second kappa shape index (κ2) is 6.37. The van der Waals surface area contributed by atoms with Gasteiger partial charge in [-0.2, -0.15) is 4.98 Å². The molecule has 2 aliphatic carbocycles. The number of ether oxygens (including phenoxy) is 1. The smallest absolute Gasteiger partial charge is 0.254 e. The van der Waals surface area contributed by atoms with Crippen LogP contribution in [0.15, 0.2) is 21.6 Å². The van der Waals surface area contributed by atoms with Gasteiger partial charge in [-0.1, -0.05) is 11.2 Å². The Morgan fingerprint density at radius 2 is 2.04 bits per heavy atom. The molecule has 2 aromatic rings. The standard InChI is InChI=1S/C19H25N5O2/c1-11-21-18(26-24-11)19(2,3)23-16(20)15-9-8-14(13-6-7-13)17(22-15)25-10-12-4-5-12/h8-9,12-13H,4-7,10H2,1-3H3,(H2,20,23). The molecule has 0 atom stereocenters. The fourth-order valence-electron chi connectivity index (χ4n) is 2.85. The van der Waals surface area contributed by atoms with Crippen molar-refractivity contribution in [1.82, 2.24) is 15.1 Å². The molecule has 7 heteroatoms. The van der Waals surface area contributed by atoms with E-state index in [1.54, 1.807) is 6.92 Å². The summed E-state index contributed by atoms with van der Waals surface area (Å²) >= 11 is 0. The van der Waals surface area contributed by atoms with Crippen LogP contribution in [0, 0.1) is 12.8 Å². The average molecular weight is 355 g/mol. The number of hydrogen-bond acceptors (Lipinski definition) is 6. The van der Waals surface area contributed by atoms with E-state index in [0.717, 1.165) is 6.61 Å². The van der Waals surface area contributed by atoms with Crippen LogP contribution < -0.4 is 10.5 Å². The van der Waals surface area contributed by atoms with E-state index in [1.807, 2.05) is 19.9 Å². The van der Waals surface area contributed by atoms with Crippen LogP contribution in [-0.4, -0.2) is 27.6 Å². The summed E-state index contributed by atoms with van der Waals surface area (Å²) in [6.07, 6.45) is 4.90. The first-order valence-corrected chi connectivity index (χ1v) is 9.22. The lowest BCUT2D eigenvalue weighted by atomic mass is 10.1. The molecule has 138 valence electrons. The van der Waals surface area contributed by atoms with Crippen molar-refractivity contribution in [1.29, 1.82) is 0 Å². The fraction of sp³-hybridized carbons (Fsp3) is 0.579. The molecule has 2 N–H and O–H groups in total. The predicted molar refractivity (Wildman–Crippen MR) is 97.2 cm³/mol. The van der Waals surface area contributed by atoms with E-state index in [4.69, 9.17) is 15.0 Å². The van der Waals surface area contributed by atoms with Gasteiger partial charge in [0.25, 0.3) is 5.89 Å². The summed E-state index contributed by atoms with van der Waals surface area (Å²) < 4.78 is 11.3. The molecule has 0 spiro atoms. The molecule has 7 nitrogen and oxygen atoms in total. The zero-order valence-corrected chi connectivity index (χ0v) is 15.5. The Balaban J connectivity index is 1.59. The van der Waals surface area contributed by atoms with Gasteiger partial charge >= 0.3 is 0 Å². The van der Waals surface area contributed by atoms with Gasteiger partial charge in [0.1, 0.15) is 17.1 Å². The van der Waals surface area contributed by atoms with Crippen molar-refractivity contribution in [3.63, 3.8) is 0 Å². The van der Waals surface area contributed by atoms with Crippen molar-refractivity contribution in [2.24, 2.45) is 16.6 Å². The SMILES string of the molecule is Cc1noc(C(C)(C)N=C(N)c2ccc(C3CC3)c(OCC3CC3)n2)n1. The molecule has 0 bridgehead atoms. The highest BCUT2D eigenvalue weighted by Gasteiger charge is 2.30. The second-order valence-electron chi connectivity index (χ2n) is 7.82. The van der Waals surface area contributed by atoms with Crippen molar-refractivity contribution in [2.75, 3.05) is 6.61 Å². The zero-order valence-electron chi connectivity index (χ0n) is 15.5. The summed E-state index contributed by atoms with van der Waals surface area (Å²) in [5.41, 5.74) is 7.33. The first kappa shape index (κ1) is 17.0. The third-order valence-electron chi connectivity index (χ3n) is 4.77. The summed E-state index contributed by atoms with van der Waals surface area (Å²) in [6, 6.07) is 4.00. The lowest BCUT2D eigenvalue weighted by Crippen LogP contribution is -2.24.